The van der Waals surface area contributed by atoms with E-state index in [4.69, 9.17) is 5.73 Å². The Morgan fingerprint density at radius 2 is 1.96 bits per heavy atom. The molecule has 3 N–H and O–H groups in total. The molecular weight excluding hydrogens is 302 g/mol. The van der Waals surface area contributed by atoms with Crippen molar-refractivity contribution in [2.24, 2.45) is 11.1 Å². The molecule has 1 saturated heterocycles. The van der Waals surface area contributed by atoms with Crippen LogP contribution in [0.1, 0.15) is 48.0 Å². The lowest BCUT2D eigenvalue weighted by atomic mass is 9.71. The van der Waals surface area contributed by atoms with Crippen LogP contribution < -0.4 is 11.1 Å². The maximum atomic E-state index is 12.8. The lowest BCUT2D eigenvalue weighted by Crippen LogP contribution is -2.46. The first-order valence-electron chi connectivity index (χ1n) is 8.65. The SMILES string of the molecule is NC(=O)NCc1ccc(C(=O)N2CCCC3(CC=CCC3)C2)cc1. The molecule has 1 aliphatic heterocycles. The number of nitrogens with two attached hydrogens (primary N) is 1. The Kier molecular flexibility index (Phi) is 4.88. The smallest absolute Gasteiger partial charge is 0.312 e. The van der Waals surface area contributed by atoms with Gasteiger partial charge >= 0.3 is 6.03 Å². The highest BCUT2D eigenvalue weighted by molar-refractivity contribution is 5.94. The molecule has 0 radical (unpaired) electrons. The number of benzene rings is 1. The monoisotopic (exact) mass is 327 g/mol. The summed E-state index contributed by atoms with van der Waals surface area (Å²) in [6, 6.07) is 6.86. The van der Waals surface area contributed by atoms with Gasteiger partial charge in [-0.05, 0) is 55.2 Å². The van der Waals surface area contributed by atoms with E-state index in [-0.39, 0.29) is 11.3 Å². The molecule has 1 atom stereocenters. The number of primary amides is 1. The van der Waals surface area contributed by atoms with Gasteiger partial charge in [-0.25, -0.2) is 4.79 Å². The molecule has 1 aliphatic carbocycles. The van der Waals surface area contributed by atoms with Crippen LogP contribution in [0.25, 0.3) is 0 Å². The number of hydrogen-bond acceptors (Lipinski definition) is 2. The van der Waals surface area contributed by atoms with Crippen LogP contribution in [0.3, 0.4) is 0 Å². The van der Waals surface area contributed by atoms with Crippen LogP contribution >= 0.6 is 0 Å². The average Bonchev–Trinajstić information content (AvgIpc) is 2.60. The van der Waals surface area contributed by atoms with Gasteiger partial charge in [0, 0.05) is 25.2 Å². The number of urea groups is 1. The first-order valence-corrected chi connectivity index (χ1v) is 8.65. The summed E-state index contributed by atoms with van der Waals surface area (Å²) in [5, 5.41) is 2.55. The second-order valence-electron chi connectivity index (χ2n) is 6.96. The number of amides is 3. The van der Waals surface area contributed by atoms with Crippen LogP contribution in [0, 0.1) is 5.41 Å². The summed E-state index contributed by atoms with van der Waals surface area (Å²) in [6.45, 7) is 2.08. The minimum absolute atomic E-state index is 0.109. The number of rotatable bonds is 3. The van der Waals surface area contributed by atoms with Crippen molar-refractivity contribution in [2.75, 3.05) is 13.1 Å². The third-order valence-electron chi connectivity index (χ3n) is 5.18. The van der Waals surface area contributed by atoms with E-state index in [9.17, 15) is 9.59 Å². The van der Waals surface area contributed by atoms with Gasteiger partial charge in [-0.15, -0.1) is 0 Å². The van der Waals surface area contributed by atoms with Crippen molar-refractivity contribution < 1.29 is 9.59 Å². The van der Waals surface area contributed by atoms with E-state index in [1.165, 1.54) is 12.8 Å². The van der Waals surface area contributed by atoms with Crippen molar-refractivity contribution in [1.82, 2.24) is 10.2 Å². The molecular formula is C19H25N3O2. The Bertz CT molecular complexity index is 639. The third-order valence-corrected chi connectivity index (χ3v) is 5.18. The van der Waals surface area contributed by atoms with E-state index >= 15 is 0 Å². The van der Waals surface area contributed by atoms with Gasteiger partial charge in [-0.2, -0.15) is 0 Å². The third kappa shape index (κ3) is 3.78. The van der Waals surface area contributed by atoms with Gasteiger partial charge < -0.3 is 16.0 Å². The zero-order valence-corrected chi connectivity index (χ0v) is 14.0. The van der Waals surface area contributed by atoms with Crippen molar-refractivity contribution in [3.63, 3.8) is 0 Å². The molecule has 5 nitrogen and oxygen atoms in total. The predicted molar refractivity (Wildman–Crippen MR) is 93.4 cm³/mol. The Morgan fingerprint density at radius 3 is 2.62 bits per heavy atom. The van der Waals surface area contributed by atoms with Crippen LogP contribution in [0.15, 0.2) is 36.4 Å². The lowest BCUT2D eigenvalue weighted by Gasteiger charge is -2.44. The van der Waals surface area contributed by atoms with E-state index in [1.54, 1.807) is 0 Å². The van der Waals surface area contributed by atoms with Crippen LogP contribution in [0.5, 0.6) is 0 Å². The van der Waals surface area contributed by atoms with Crippen LogP contribution in [0.2, 0.25) is 0 Å². The van der Waals surface area contributed by atoms with Gasteiger partial charge in [0.1, 0.15) is 0 Å². The molecule has 24 heavy (non-hydrogen) atoms. The van der Waals surface area contributed by atoms with Crippen LogP contribution in [0.4, 0.5) is 4.79 Å². The highest BCUT2D eigenvalue weighted by atomic mass is 16.2. The standard InChI is InChI=1S/C19H25N3O2/c20-18(24)21-13-15-5-7-16(8-6-15)17(23)22-12-4-11-19(14-22)9-2-1-3-10-19/h1-2,5-8H,3-4,9-14H2,(H3,20,21,24). The zero-order valence-electron chi connectivity index (χ0n) is 14.0. The minimum Gasteiger partial charge on any atom is -0.352 e. The van der Waals surface area contributed by atoms with Gasteiger partial charge in [0.15, 0.2) is 0 Å². The lowest BCUT2D eigenvalue weighted by molar-refractivity contribution is 0.0484. The molecule has 1 heterocycles. The zero-order chi connectivity index (χ0) is 17.0. The van der Waals surface area contributed by atoms with Gasteiger partial charge in [0.05, 0.1) is 0 Å². The highest BCUT2D eigenvalue weighted by Gasteiger charge is 2.36. The second kappa shape index (κ2) is 7.07. The first-order chi connectivity index (χ1) is 11.6. The maximum Gasteiger partial charge on any atom is 0.312 e. The van der Waals surface area contributed by atoms with Crippen molar-refractivity contribution in [3.05, 3.63) is 47.5 Å². The molecule has 3 amide bonds. The summed E-state index contributed by atoms with van der Waals surface area (Å²) in [4.78, 5) is 25.6. The first kappa shape index (κ1) is 16.6. The van der Waals surface area contributed by atoms with Gasteiger partial charge in [-0.3, -0.25) is 4.79 Å². The maximum absolute atomic E-state index is 12.8. The molecule has 1 aromatic rings. The number of nitrogens with one attached hydrogen (secondary N) is 1. The molecule has 5 heteroatoms. The molecule has 0 aromatic heterocycles. The number of carbonyl (C=O) groups is 2. The number of nitrogens with zero attached hydrogens (tertiary/aromatic N) is 1. The number of hydrogen-bond donors (Lipinski definition) is 2. The number of likely N-dealkylation sites (tertiary alicyclic amines) is 1. The van der Waals surface area contributed by atoms with E-state index in [2.05, 4.69) is 17.5 Å². The molecule has 0 saturated carbocycles. The Balaban J connectivity index is 1.65. The Labute approximate surface area is 142 Å². The summed E-state index contributed by atoms with van der Waals surface area (Å²) in [6.07, 6.45) is 10.2. The minimum atomic E-state index is -0.546. The fourth-order valence-corrected chi connectivity index (χ4v) is 3.83. The largest absolute Gasteiger partial charge is 0.352 e. The van der Waals surface area contributed by atoms with Crippen LogP contribution in [-0.4, -0.2) is 29.9 Å². The van der Waals surface area contributed by atoms with Crippen molar-refractivity contribution in [3.8, 4) is 0 Å². The number of allylic oxidation sites excluding steroid dienone is 2. The molecule has 1 aromatic carbocycles. The summed E-state index contributed by atoms with van der Waals surface area (Å²) in [5.74, 6) is 0.109. The highest BCUT2D eigenvalue weighted by Crippen LogP contribution is 2.41. The van der Waals surface area contributed by atoms with E-state index in [0.717, 1.165) is 37.9 Å². The van der Waals surface area contributed by atoms with Crippen LogP contribution in [-0.2, 0) is 6.54 Å². The fraction of sp³-hybridized carbons (Fsp3) is 0.474. The van der Waals surface area contributed by atoms with E-state index in [1.807, 2.05) is 29.2 Å². The summed E-state index contributed by atoms with van der Waals surface area (Å²) in [7, 11) is 0. The number of carbonyl (C=O) groups excluding carboxylic acids is 2. The topological polar surface area (TPSA) is 75.4 Å². The second-order valence-corrected chi connectivity index (χ2v) is 6.96. The van der Waals surface area contributed by atoms with E-state index in [0.29, 0.717) is 12.1 Å². The summed E-state index contributed by atoms with van der Waals surface area (Å²) < 4.78 is 0. The molecule has 1 unspecified atom stereocenters. The normalized spacial score (nSPS) is 23.2. The van der Waals surface area contributed by atoms with Crippen molar-refractivity contribution in [1.29, 1.82) is 0 Å². The molecule has 1 fully saturated rings. The summed E-state index contributed by atoms with van der Waals surface area (Å²) >= 11 is 0. The molecule has 0 bridgehead atoms. The molecule has 2 aliphatic rings. The Morgan fingerprint density at radius 1 is 1.17 bits per heavy atom. The van der Waals surface area contributed by atoms with Crippen molar-refractivity contribution in [2.45, 2.75) is 38.6 Å². The molecule has 128 valence electrons. The molecule has 1 spiro atoms. The number of piperidine rings is 1. The fourth-order valence-electron chi connectivity index (χ4n) is 3.83. The van der Waals surface area contributed by atoms with Crippen molar-refractivity contribution >= 4 is 11.9 Å². The van der Waals surface area contributed by atoms with E-state index < -0.39 is 6.03 Å². The summed E-state index contributed by atoms with van der Waals surface area (Å²) in [5.41, 5.74) is 6.99. The van der Waals surface area contributed by atoms with Gasteiger partial charge in [0.2, 0.25) is 0 Å². The molecule has 3 rings (SSSR count). The van der Waals surface area contributed by atoms with Gasteiger partial charge in [-0.1, -0.05) is 24.3 Å². The quantitative estimate of drug-likeness (QED) is 0.838. The van der Waals surface area contributed by atoms with Gasteiger partial charge in [0.25, 0.3) is 5.91 Å². The average molecular weight is 327 g/mol. The predicted octanol–water partition coefficient (Wildman–Crippen LogP) is 2.82. The Hall–Kier alpha value is -2.30.